The van der Waals surface area contributed by atoms with E-state index in [0.29, 0.717) is 11.6 Å². The van der Waals surface area contributed by atoms with Crippen molar-refractivity contribution in [2.45, 2.75) is 31.7 Å². The molecular weight excluding hydrogens is 252 g/mol. The molecule has 5 heteroatoms. The molecule has 18 heavy (non-hydrogen) atoms. The van der Waals surface area contributed by atoms with Gasteiger partial charge in [0, 0.05) is 30.4 Å². The molecule has 2 rings (SSSR count). The smallest absolute Gasteiger partial charge is 0.273 e. The van der Waals surface area contributed by atoms with Crippen molar-refractivity contribution in [1.29, 1.82) is 0 Å². The molecule has 0 N–H and O–H groups in total. The number of rotatable bonds is 5. The molecule has 98 valence electrons. The first kappa shape index (κ1) is 13.1. The maximum absolute atomic E-state index is 10.8. The molecule has 1 fully saturated rings. The minimum atomic E-state index is -0.383. The van der Waals surface area contributed by atoms with Crippen molar-refractivity contribution >= 4 is 23.0 Å². The van der Waals surface area contributed by atoms with Crippen LogP contribution in [0.4, 0.5) is 11.4 Å². The van der Waals surface area contributed by atoms with E-state index in [4.69, 9.17) is 11.6 Å². The standard InChI is InChI=1S/C13H17ClN2O2/c1-9(10-3-4-10)15(2)12-5-6-13(16(17)18)11(7-12)8-14/h5-7,9-10H,3-4,8H2,1-2H3. The van der Waals surface area contributed by atoms with E-state index in [-0.39, 0.29) is 16.5 Å². The Morgan fingerprint density at radius 2 is 2.22 bits per heavy atom. The van der Waals surface area contributed by atoms with E-state index in [1.54, 1.807) is 12.1 Å². The fourth-order valence-electron chi connectivity index (χ4n) is 2.21. The van der Waals surface area contributed by atoms with E-state index in [0.717, 1.165) is 11.6 Å². The van der Waals surface area contributed by atoms with Crippen LogP contribution >= 0.6 is 11.6 Å². The summed E-state index contributed by atoms with van der Waals surface area (Å²) in [6.45, 7) is 2.19. The van der Waals surface area contributed by atoms with Gasteiger partial charge >= 0.3 is 0 Å². The minimum Gasteiger partial charge on any atom is -0.372 e. The van der Waals surface area contributed by atoms with Crippen LogP contribution in [-0.2, 0) is 5.88 Å². The molecule has 0 aliphatic heterocycles. The lowest BCUT2D eigenvalue weighted by atomic mass is 10.1. The molecule has 1 aliphatic rings. The Hall–Kier alpha value is -1.29. The molecule has 1 atom stereocenters. The van der Waals surface area contributed by atoms with Gasteiger partial charge in [-0.05, 0) is 37.8 Å². The monoisotopic (exact) mass is 268 g/mol. The van der Waals surface area contributed by atoms with Crippen molar-refractivity contribution in [1.82, 2.24) is 0 Å². The van der Waals surface area contributed by atoms with Crippen LogP contribution in [0.5, 0.6) is 0 Å². The highest BCUT2D eigenvalue weighted by molar-refractivity contribution is 6.17. The lowest BCUT2D eigenvalue weighted by molar-refractivity contribution is -0.385. The molecule has 0 bridgehead atoms. The number of alkyl halides is 1. The normalized spacial score (nSPS) is 16.4. The first-order valence-electron chi connectivity index (χ1n) is 6.10. The lowest BCUT2D eigenvalue weighted by Crippen LogP contribution is -2.30. The maximum Gasteiger partial charge on any atom is 0.273 e. The second kappa shape index (κ2) is 5.14. The number of hydrogen-bond donors (Lipinski definition) is 0. The lowest BCUT2D eigenvalue weighted by Gasteiger charge is -2.27. The minimum absolute atomic E-state index is 0.0984. The third-order valence-corrected chi connectivity index (χ3v) is 4.01. The summed E-state index contributed by atoms with van der Waals surface area (Å²) in [7, 11) is 2.03. The van der Waals surface area contributed by atoms with Crippen molar-refractivity contribution in [3.63, 3.8) is 0 Å². The maximum atomic E-state index is 10.8. The first-order chi connectivity index (χ1) is 8.54. The number of halogens is 1. The van der Waals surface area contributed by atoms with Gasteiger partial charge in [-0.3, -0.25) is 10.1 Å². The van der Waals surface area contributed by atoms with Crippen LogP contribution in [0.3, 0.4) is 0 Å². The summed E-state index contributed by atoms with van der Waals surface area (Å²) in [6, 6.07) is 5.63. The summed E-state index contributed by atoms with van der Waals surface area (Å²) in [6.07, 6.45) is 2.56. The van der Waals surface area contributed by atoms with Gasteiger partial charge in [0.1, 0.15) is 0 Å². The second-order valence-electron chi connectivity index (χ2n) is 4.89. The number of benzene rings is 1. The molecule has 4 nitrogen and oxygen atoms in total. The van der Waals surface area contributed by atoms with Crippen LogP contribution in [0.1, 0.15) is 25.3 Å². The summed E-state index contributed by atoms with van der Waals surface area (Å²) in [5, 5.41) is 10.8. The highest BCUT2D eigenvalue weighted by Crippen LogP contribution is 2.37. The van der Waals surface area contributed by atoms with Gasteiger partial charge in [-0.25, -0.2) is 0 Å². The van der Waals surface area contributed by atoms with Crippen LogP contribution in [-0.4, -0.2) is 18.0 Å². The Kier molecular flexibility index (Phi) is 3.76. The van der Waals surface area contributed by atoms with Crippen molar-refractivity contribution in [2.75, 3.05) is 11.9 Å². The number of nitrogens with zero attached hydrogens (tertiary/aromatic N) is 2. The highest BCUT2D eigenvalue weighted by Gasteiger charge is 2.31. The molecule has 1 saturated carbocycles. The summed E-state index contributed by atoms with van der Waals surface area (Å²) in [5.74, 6) is 0.917. The third kappa shape index (κ3) is 2.58. The van der Waals surface area contributed by atoms with E-state index in [9.17, 15) is 10.1 Å². The van der Waals surface area contributed by atoms with Gasteiger partial charge < -0.3 is 4.90 Å². The molecule has 0 spiro atoms. The van der Waals surface area contributed by atoms with Gasteiger partial charge in [-0.15, -0.1) is 11.6 Å². The molecule has 1 aromatic rings. The van der Waals surface area contributed by atoms with Crippen molar-refractivity contribution < 1.29 is 4.92 Å². The number of anilines is 1. The Bertz CT molecular complexity index is 460. The van der Waals surface area contributed by atoms with Crippen molar-refractivity contribution in [3.05, 3.63) is 33.9 Å². The van der Waals surface area contributed by atoms with Gasteiger partial charge in [0.2, 0.25) is 0 Å². The summed E-state index contributed by atoms with van der Waals surface area (Å²) >= 11 is 5.78. The Morgan fingerprint density at radius 3 is 2.72 bits per heavy atom. The molecule has 0 aromatic heterocycles. The average molecular weight is 269 g/mol. The Labute approximate surface area is 112 Å². The zero-order chi connectivity index (χ0) is 13.3. The van der Waals surface area contributed by atoms with Crippen LogP contribution in [0.2, 0.25) is 0 Å². The number of hydrogen-bond acceptors (Lipinski definition) is 3. The third-order valence-electron chi connectivity index (χ3n) is 3.73. The van der Waals surface area contributed by atoms with Crippen molar-refractivity contribution in [2.24, 2.45) is 5.92 Å². The van der Waals surface area contributed by atoms with Gasteiger partial charge in [-0.2, -0.15) is 0 Å². The van der Waals surface area contributed by atoms with Crippen LogP contribution in [0.25, 0.3) is 0 Å². The average Bonchev–Trinajstić information content (AvgIpc) is 3.20. The number of nitro benzene ring substituents is 1. The van der Waals surface area contributed by atoms with Gasteiger partial charge in [0.15, 0.2) is 0 Å². The summed E-state index contributed by atoms with van der Waals surface area (Å²) < 4.78 is 0. The van der Waals surface area contributed by atoms with Gasteiger partial charge in [-0.1, -0.05) is 0 Å². The molecule has 0 heterocycles. The zero-order valence-corrected chi connectivity index (χ0v) is 11.4. The summed E-state index contributed by atoms with van der Waals surface area (Å²) in [4.78, 5) is 12.6. The van der Waals surface area contributed by atoms with E-state index in [1.165, 1.54) is 12.8 Å². The molecule has 1 aromatic carbocycles. The molecule has 1 unspecified atom stereocenters. The predicted octanol–water partition coefficient (Wildman–Crippen LogP) is 3.57. The van der Waals surface area contributed by atoms with E-state index in [2.05, 4.69) is 11.8 Å². The Morgan fingerprint density at radius 1 is 1.56 bits per heavy atom. The fraction of sp³-hybridized carbons (Fsp3) is 0.538. The Balaban J connectivity index is 2.25. The first-order valence-corrected chi connectivity index (χ1v) is 6.64. The molecule has 0 radical (unpaired) electrons. The van der Waals surface area contributed by atoms with Crippen molar-refractivity contribution in [3.8, 4) is 0 Å². The number of nitro groups is 1. The fourth-order valence-corrected chi connectivity index (χ4v) is 2.42. The SMILES string of the molecule is CC(C1CC1)N(C)c1ccc([N+](=O)[O-])c(CCl)c1. The van der Waals surface area contributed by atoms with E-state index >= 15 is 0 Å². The van der Waals surface area contributed by atoms with Gasteiger partial charge in [0.25, 0.3) is 5.69 Å². The van der Waals surface area contributed by atoms with Gasteiger partial charge in [0.05, 0.1) is 10.8 Å². The van der Waals surface area contributed by atoms with Crippen LogP contribution in [0, 0.1) is 16.0 Å². The van der Waals surface area contributed by atoms with E-state index < -0.39 is 0 Å². The molecule has 0 amide bonds. The quantitative estimate of drug-likeness (QED) is 0.466. The van der Waals surface area contributed by atoms with E-state index in [1.807, 2.05) is 13.1 Å². The largest absolute Gasteiger partial charge is 0.372 e. The molecule has 1 aliphatic carbocycles. The van der Waals surface area contributed by atoms with Crippen LogP contribution < -0.4 is 4.90 Å². The molecule has 0 saturated heterocycles. The van der Waals surface area contributed by atoms with Crippen LogP contribution in [0.15, 0.2) is 18.2 Å². The predicted molar refractivity (Wildman–Crippen MR) is 73.2 cm³/mol. The highest BCUT2D eigenvalue weighted by atomic mass is 35.5. The topological polar surface area (TPSA) is 46.4 Å². The zero-order valence-electron chi connectivity index (χ0n) is 10.6. The summed E-state index contributed by atoms with van der Waals surface area (Å²) in [5.41, 5.74) is 1.67. The second-order valence-corrected chi connectivity index (χ2v) is 5.16. The molecular formula is C13H17ClN2O2.